The van der Waals surface area contributed by atoms with Crippen molar-refractivity contribution >= 4 is 21.8 Å². The summed E-state index contributed by atoms with van der Waals surface area (Å²) in [6.07, 6.45) is 3.03. The van der Waals surface area contributed by atoms with Crippen LogP contribution in [-0.4, -0.2) is 11.1 Å². The molecule has 1 amide bonds. The molecule has 0 atom stereocenters. The highest BCUT2D eigenvalue weighted by atomic mass is 79.9. The lowest BCUT2D eigenvalue weighted by Gasteiger charge is -2.43. The molecule has 1 aromatic carbocycles. The maximum Gasteiger partial charge on any atom is 0.257 e. The van der Waals surface area contributed by atoms with Gasteiger partial charge in [0.15, 0.2) is 0 Å². The van der Waals surface area contributed by atoms with Gasteiger partial charge in [0.25, 0.3) is 5.91 Å². The van der Waals surface area contributed by atoms with Crippen LogP contribution >= 0.6 is 15.9 Å². The standard InChI is InChI=1S/C16H17BrN2O2/c1-10-14(11(2)21-19-10)15(20)18-16(7-4-8-16)12-5-3-6-13(17)9-12/h3,5-6,9H,4,7-8H2,1-2H3,(H,18,20). The van der Waals surface area contributed by atoms with Crippen molar-refractivity contribution in [3.63, 3.8) is 0 Å². The van der Waals surface area contributed by atoms with Gasteiger partial charge in [-0.1, -0.05) is 33.2 Å². The highest BCUT2D eigenvalue weighted by Crippen LogP contribution is 2.42. The van der Waals surface area contributed by atoms with Crippen LogP contribution in [0.4, 0.5) is 0 Å². The number of rotatable bonds is 3. The lowest BCUT2D eigenvalue weighted by atomic mass is 9.71. The molecule has 0 aliphatic heterocycles. The molecule has 1 fully saturated rings. The van der Waals surface area contributed by atoms with E-state index >= 15 is 0 Å². The molecule has 2 aromatic rings. The third-order valence-electron chi connectivity index (χ3n) is 4.20. The minimum absolute atomic E-state index is 0.106. The molecule has 110 valence electrons. The summed E-state index contributed by atoms with van der Waals surface area (Å²) in [5, 5.41) is 7.05. The van der Waals surface area contributed by atoms with Crippen molar-refractivity contribution in [3.05, 3.63) is 51.3 Å². The van der Waals surface area contributed by atoms with Crippen molar-refractivity contribution in [1.29, 1.82) is 0 Å². The molecule has 0 bridgehead atoms. The summed E-state index contributed by atoms with van der Waals surface area (Å²) in [6.45, 7) is 3.55. The van der Waals surface area contributed by atoms with Crippen LogP contribution in [-0.2, 0) is 5.54 Å². The Morgan fingerprint density at radius 1 is 1.38 bits per heavy atom. The van der Waals surface area contributed by atoms with Gasteiger partial charge in [0, 0.05) is 4.47 Å². The van der Waals surface area contributed by atoms with Crippen LogP contribution < -0.4 is 5.32 Å². The molecular weight excluding hydrogens is 332 g/mol. The number of carbonyl (C=O) groups is 1. The van der Waals surface area contributed by atoms with Gasteiger partial charge < -0.3 is 9.84 Å². The summed E-state index contributed by atoms with van der Waals surface area (Å²) in [6, 6.07) is 8.14. The number of aromatic nitrogens is 1. The van der Waals surface area contributed by atoms with Gasteiger partial charge in [-0.2, -0.15) is 0 Å². The van der Waals surface area contributed by atoms with Crippen LogP contribution in [0.3, 0.4) is 0 Å². The van der Waals surface area contributed by atoms with E-state index in [0.717, 1.165) is 29.3 Å². The molecule has 5 heteroatoms. The second kappa shape index (κ2) is 5.30. The molecule has 1 heterocycles. The van der Waals surface area contributed by atoms with E-state index in [1.165, 1.54) is 0 Å². The van der Waals surface area contributed by atoms with Crippen molar-refractivity contribution < 1.29 is 9.32 Å². The Kier molecular flexibility index (Phi) is 3.61. The lowest BCUT2D eigenvalue weighted by Crippen LogP contribution is -2.51. The number of nitrogens with zero attached hydrogens (tertiary/aromatic N) is 1. The highest BCUT2D eigenvalue weighted by molar-refractivity contribution is 9.10. The lowest BCUT2D eigenvalue weighted by molar-refractivity contribution is 0.0821. The second-order valence-electron chi connectivity index (χ2n) is 5.60. The number of carbonyl (C=O) groups excluding carboxylic acids is 1. The quantitative estimate of drug-likeness (QED) is 0.915. The van der Waals surface area contributed by atoms with Crippen LogP contribution in [0.15, 0.2) is 33.3 Å². The van der Waals surface area contributed by atoms with E-state index in [0.29, 0.717) is 17.0 Å². The monoisotopic (exact) mass is 348 g/mol. The van der Waals surface area contributed by atoms with Crippen LogP contribution in [0.5, 0.6) is 0 Å². The summed E-state index contributed by atoms with van der Waals surface area (Å²) < 4.78 is 6.11. The third-order valence-corrected chi connectivity index (χ3v) is 4.69. The van der Waals surface area contributed by atoms with E-state index in [-0.39, 0.29) is 11.4 Å². The summed E-state index contributed by atoms with van der Waals surface area (Å²) in [4.78, 5) is 12.6. The topological polar surface area (TPSA) is 55.1 Å². The van der Waals surface area contributed by atoms with E-state index in [1.807, 2.05) is 12.1 Å². The fourth-order valence-electron chi connectivity index (χ4n) is 2.89. The second-order valence-corrected chi connectivity index (χ2v) is 6.51. The number of amides is 1. The highest BCUT2D eigenvalue weighted by Gasteiger charge is 2.41. The van der Waals surface area contributed by atoms with Crippen molar-refractivity contribution in [3.8, 4) is 0 Å². The average molecular weight is 349 g/mol. The number of halogens is 1. The first-order chi connectivity index (χ1) is 10.0. The number of hydrogen-bond donors (Lipinski definition) is 1. The molecule has 0 saturated heterocycles. The zero-order valence-corrected chi connectivity index (χ0v) is 13.7. The van der Waals surface area contributed by atoms with Gasteiger partial charge in [-0.05, 0) is 50.8 Å². The molecule has 1 aromatic heterocycles. The molecule has 0 unspecified atom stereocenters. The molecule has 1 saturated carbocycles. The van der Waals surface area contributed by atoms with Gasteiger partial charge in [0.2, 0.25) is 0 Å². The van der Waals surface area contributed by atoms with Gasteiger partial charge >= 0.3 is 0 Å². The van der Waals surface area contributed by atoms with Gasteiger partial charge in [-0.3, -0.25) is 4.79 Å². The number of hydrogen-bond acceptors (Lipinski definition) is 3. The molecular formula is C16H17BrN2O2. The number of benzene rings is 1. The molecule has 1 aliphatic carbocycles. The predicted molar refractivity (Wildman–Crippen MR) is 83.1 cm³/mol. The molecule has 1 aliphatic rings. The first-order valence-corrected chi connectivity index (χ1v) is 7.82. The molecule has 1 N–H and O–H groups in total. The van der Waals surface area contributed by atoms with Gasteiger partial charge in [0.1, 0.15) is 11.3 Å². The first kappa shape index (κ1) is 14.3. The van der Waals surface area contributed by atoms with E-state index in [2.05, 4.69) is 38.5 Å². The molecule has 4 nitrogen and oxygen atoms in total. The minimum atomic E-state index is -0.267. The Hall–Kier alpha value is -1.62. The average Bonchev–Trinajstić information content (AvgIpc) is 2.73. The van der Waals surface area contributed by atoms with Gasteiger partial charge in [-0.15, -0.1) is 0 Å². The first-order valence-electron chi connectivity index (χ1n) is 7.03. The molecule has 21 heavy (non-hydrogen) atoms. The minimum Gasteiger partial charge on any atom is -0.361 e. The summed E-state index contributed by atoms with van der Waals surface area (Å²) in [7, 11) is 0. The Bertz CT molecular complexity index is 670. The van der Waals surface area contributed by atoms with Crippen LogP contribution in [0.2, 0.25) is 0 Å². The third kappa shape index (κ3) is 2.50. The van der Waals surface area contributed by atoms with Crippen molar-refractivity contribution in [1.82, 2.24) is 10.5 Å². The Balaban J connectivity index is 1.90. The van der Waals surface area contributed by atoms with E-state index in [4.69, 9.17) is 4.52 Å². The van der Waals surface area contributed by atoms with Crippen molar-refractivity contribution in [2.75, 3.05) is 0 Å². The fraction of sp³-hybridized carbons (Fsp3) is 0.375. The molecule has 0 spiro atoms. The van der Waals surface area contributed by atoms with Gasteiger partial charge in [0.05, 0.1) is 11.2 Å². The van der Waals surface area contributed by atoms with E-state index < -0.39 is 0 Å². The van der Waals surface area contributed by atoms with Gasteiger partial charge in [-0.25, -0.2) is 0 Å². The largest absolute Gasteiger partial charge is 0.361 e. The number of aryl methyl sites for hydroxylation is 2. The maximum atomic E-state index is 12.6. The smallest absolute Gasteiger partial charge is 0.257 e. The fourth-order valence-corrected chi connectivity index (χ4v) is 3.29. The van der Waals surface area contributed by atoms with E-state index in [9.17, 15) is 4.79 Å². The zero-order chi connectivity index (χ0) is 15.0. The summed E-state index contributed by atoms with van der Waals surface area (Å²) in [5.41, 5.74) is 2.06. The summed E-state index contributed by atoms with van der Waals surface area (Å²) in [5.74, 6) is 0.458. The summed E-state index contributed by atoms with van der Waals surface area (Å²) >= 11 is 3.50. The van der Waals surface area contributed by atoms with E-state index in [1.54, 1.807) is 13.8 Å². The zero-order valence-electron chi connectivity index (χ0n) is 12.1. The Labute approximate surface area is 132 Å². The van der Waals surface area contributed by atoms with Crippen LogP contribution in [0.1, 0.15) is 46.6 Å². The number of nitrogens with one attached hydrogen (secondary N) is 1. The Morgan fingerprint density at radius 3 is 2.67 bits per heavy atom. The van der Waals surface area contributed by atoms with Crippen LogP contribution in [0, 0.1) is 13.8 Å². The predicted octanol–water partition coefficient (Wildman–Crippen LogP) is 3.86. The molecule has 3 rings (SSSR count). The Morgan fingerprint density at radius 2 is 2.14 bits per heavy atom. The van der Waals surface area contributed by atoms with Crippen molar-refractivity contribution in [2.24, 2.45) is 0 Å². The van der Waals surface area contributed by atoms with Crippen molar-refractivity contribution in [2.45, 2.75) is 38.6 Å². The normalized spacial score (nSPS) is 16.3. The molecule has 0 radical (unpaired) electrons. The SMILES string of the molecule is Cc1noc(C)c1C(=O)NC1(c2cccc(Br)c2)CCC1. The maximum absolute atomic E-state index is 12.6. The van der Waals surface area contributed by atoms with Crippen LogP contribution in [0.25, 0.3) is 0 Å².